The third-order valence-corrected chi connectivity index (χ3v) is 2.48. The Hall–Kier alpha value is -1.40. The predicted molar refractivity (Wildman–Crippen MR) is 64.4 cm³/mol. The number of hydrogen-bond donors (Lipinski definition) is 3. The SMILES string of the molecule is COC(CN)CC(=O)NCCCc1ncc[nH]1. The third kappa shape index (κ3) is 5.46. The molecular weight excluding hydrogens is 220 g/mol. The van der Waals surface area contributed by atoms with Crippen LogP contribution >= 0.6 is 0 Å². The van der Waals surface area contributed by atoms with Crippen molar-refractivity contribution in [2.24, 2.45) is 5.73 Å². The Morgan fingerprint density at radius 1 is 1.71 bits per heavy atom. The number of nitrogens with zero attached hydrogens (tertiary/aromatic N) is 1. The second kappa shape index (κ2) is 7.81. The van der Waals surface area contributed by atoms with Gasteiger partial charge in [0.15, 0.2) is 0 Å². The van der Waals surface area contributed by atoms with Gasteiger partial charge in [-0.05, 0) is 6.42 Å². The number of carbonyl (C=O) groups is 1. The van der Waals surface area contributed by atoms with E-state index in [-0.39, 0.29) is 12.0 Å². The summed E-state index contributed by atoms with van der Waals surface area (Å²) in [6.07, 6.45) is 5.32. The van der Waals surface area contributed by atoms with Crippen LogP contribution in [0.15, 0.2) is 12.4 Å². The molecule has 1 unspecified atom stereocenters. The molecule has 0 spiro atoms. The summed E-state index contributed by atoms with van der Waals surface area (Å²) in [5.74, 6) is 0.915. The van der Waals surface area contributed by atoms with Crippen molar-refractivity contribution in [1.29, 1.82) is 0 Å². The van der Waals surface area contributed by atoms with Crippen LogP contribution in [0.2, 0.25) is 0 Å². The smallest absolute Gasteiger partial charge is 0.222 e. The van der Waals surface area contributed by atoms with Gasteiger partial charge in [-0.15, -0.1) is 0 Å². The summed E-state index contributed by atoms with van der Waals surface area (Å²) in [5.41, 5.74) is 5.43. The molecule has 17 heavy (non-hydrogen) atoms. The number of carbonyl (C=O) groups excluding carboxylic acids is 1. The maximum Gasteiger partial charge on any atom is 0.222 e. The van der Waals surface area contributed by atoms with Crippen LogP contribution in [0.25, 0.3) is 0 Å². The Morgan fingerprint density at radius 3 is 3.12 bits per heavy atom. The molecule has 0 aromatic carbocycles. The topological polar surface area (TPSA) is 93.0 Å². The molecule has 0 aliphatic rings. The fraction of sp³-hybridized carbons (Fsp3) is 0.636. The van der Waals surface area contributed by atoms with E-state index in [2.05, 4.69) is 15.3 Å². The van der Waals surface area contributed by atoms with Gasteiger partial charge in [0.05, 0.1) is 12.5 Å². The minimum atomic E-state index is -0.194. The van der Waals surface area contributed by atoms with Crippen molar-refractivity contribution in [2.45, 2.75) is 25.4 Å². The molecule has 1 heterocycles. The largest absolute Gasteiger partial charge is 0.380 e. The van der Waals surface area contributed by atoms with E-state index >= 15 is 0 Å². The molecule has 6 nitrogen and oxygen atoms in total. The van der Waals surface area contributed by atoms with Gasteiger partial charge in [0.25, 0.3) is 0 Å². The predicted octanol–water partition coefficient (Wildman–Crippen LogP) is -0.178. The van der Waals surface area contributed by atoms with Gasteiger partial charge in [0, 0.05) is 39.0 Å². The molecule has 96 valence electrons. The summed E-state index contributed by atoms with van der Waals surface area (Å²) in [5, 5.41) is 2.83. The van der Waals surface area contributed by atoms with Gasteiger partial charge in [0.2, 0.25) is 5.91 Å². The number of aryl methyl sites for hydroxylation is 1. The number of aromatic nitrogens is 2. The number of nitrogens with two attached hydrogens (primary N) is 1. The molecule has 4 N–H and O–H groups in total. The number of hydrogen-bond acceptors (Lipinski definition) is 4. The first-order chi connectivity index (χ1) is 8.26. The number of rotatable bonds is 8. The molecule has 0 aliphatic heterocycles. The second-order valence-corrected chi connectivity index (χ2v) is 3.79. The summed E-state index contributed by atoms with van der Waals surface area (Å²) in [4.78, 5) is 18.6. The van der Waals surface area contributed by atoms with Crippen molar-refractivity contribution < 1.29 is 9.53 Å². The van der Waals surface area contributed by atoms with Gasteiger partial charge in [0.1, 0.15) is 5.82 Å². The summed E-state index contributed by atoms with van der Waals surface area (Å²) in [6.45, 7) is 0.997. The third-order valence-electron chi connectivity index (χ3n) is 2.48. The zero-order valence-electron chi connectivity index (χ0n) is 10.1. The summed E-state index contributed by atoms with van der Waals surface area (Å²) in [6, 6.07) is 0. The Labute approximate surface area is 101 Å². The molecule has 0 bridgehead atoms. The molecule has 1 rings (SSSR count). The molecule has 1 aromatic heterocycles. The standard InChI is InChI=1S/C11H20N4O2/c1-17-9(8-12)7-11(16)15-4-2-3-10-13-5-6-14-10/h5-6,9H,2-4,7-8,12H2,1H3,(H,13,14)(H,15,16). The molecule has 1 amide bonds. The van der Waals surface area contributed by atoms with Crippen LogP contribution in [-0.2, 0) is 16.0 Å². The molecule has 1 atom stereocenters. The average molecular weight is 240 g/mol. The van der Waals surface area contributed by atoms with Crippen molar-refractivity contribution in [1.82, 2.24) is 15.3 Å². The van der Waals surface area contributed by atoms with Crippen LogP contribution in [0, 0.1) is 0 Å². The maximum absolute atomic E-state index is 11.5. The van der Waals surface area contributed by atoms with Crippen molar-refractivity contribution >= 4 is 5.91 Å². The van der Waals surface area contributed by atoms with Crippen molar-refractivity contribution in [2.75, 3.05) is 20.2 Å². The lowest BCUT2D eigenvalue weighted by atomic mass is 10.2. The number of aromatic amines is 1. The lowest BCUT2D eigenvalue weighted by molar-refractivity contribution is -0.123. The maximum atomic E-state index is 11.5. The monoisotopic (exact) mass is 240 g/mol. The Bertz CT molecular complexity index is 309. The van der Waals surface area contributed by atoms with Gasteiger partial charge < -0.3 is 20.8 Å². The molecule has 0 saturated carbocycles. The van der Waals surface area contributed by atoms with E-state index < -0.39 is 0 Å². The van der Waals surface area contributed by atoms with Crippen LogP contribution < -0.4 is 11.1 Å². The van der Waals surface area contributed by atoms with E-state index in [0.29, 0.717) is 19.5 Å². The van der Waals surface area contributed by atoms with E-state index in [1.54, 1.807) is 19.5 Å². The minimum Gasteiger partial charge on any atom is -0.380 e. The first-order valence-electron chi connectivity index (χ1n) is 5.74. The van der Waals surface area contributed by atoms with Crippen LogP contribution in [0.5, 0.6) is 0 Å². The van der Waals surface area contributed by atoms with Gasteiger partial charge >= 0.3 is 0 Å². The lowest BCUT2D eigenvalue weighted by Crippen LogP contribution is -2.32. The first kappa shape index (κ1) is 13.7. The second-order valence-electron chi connectivity index (χ2n) is 3.79. The highest BCUT2D eigenvalue weighted by Crippen LogP contribution is 1.96. The number of imidazole rings is 1. The van der Waals surface area contributed by atoms with E-state index in [4.69, 9.17) is 10.5 Å². The molecule has 0 aliphatic carbocycles. The Morgan fingerprint density at radius 2 is 2.53 bits per heavy atom. The van der Waals surface area contributed by atoms with Crippen LogP contribution in [0.1, 0.15) is 18.7 Å². The summed E-state index contributed by atoms with van der Waals surface area (Å²) in [7, 11) is 1.56. The molecule has 0 fully saturated rings. The lowest BCUT2D eigenvalue weighted by Gasteiger charge is -2.12. The van der Waals surface area contributed by atoms with Crippen molar-refractivity contribution in [3.63, 3.8) is 0 Å². The Balaban J connectivity index is 2.07. The number of nitrogens with one attached hydrogen (secondary N) is 2. The van der Waals surface area contributed by atoms with Gasteiger partial charge in [-0.2, -0.15) is 0 Å². The summed E-state index contributed by atoms with van der Waals surface area (Å²) >= 11 is 0. The number of methoxy groups -OCH3 is 1. The van der Waals surface area contributed by atoms with E-state index in [0.717, 1.165) is 18.7 Å². The van der Waals surface area contributed by atoms with Crippen molar-refractivity contribution in [3.05, 3.63) is 18.2 Å². The fourth-order valence-corrected chi connectivity index (χ4v) is 1.46. The zero-order valence-corrected chi connectivity index (χ0v) is 10.1. The van der Waals surface area contributed by atoms with E-state index in [1.165, 1.54) is 0 Å². The van der Waals surface area contributed by atoms with E-state index in [9.17, 15) is 4.79 Å². The van der Waals surface area contributed by atoms with Gasteiger partial charge in [-0.3, -0.25) is 4.79 Å². The quantitative estimate of drug-likeness (QED) is 0.550. The molecule has 6 heteroatoms. The highest BCUT2D eigenvalue weighted by atomic mass is 16.5. The molecule has 0 radical (unpaired) electrons. The molecule has 1 aromatic rings. The van der Waals surface area contributed by atoms with E-state index in [1.807, 2.05) is 0 Å². The summed E-state index contributed by atoms with van der Waals surface area (Å²) < 4.78 is 5.03. The van der Waals surface area contributed by atoms with Crippen LogP contribution in [0.4, 0.5) is 0 Å². The zero-order chi connectivity index (χ0) is 12.5. The minimum absolute atomic E-state index is 0.0262. The fourth-order valence-electron chi connectivity index (χ4n) is 1.46. The highest BCUT2D eigenvalue weighted by molar-refractivity contribution is 5.76. The highest BCUT2D eigenvalue weighted by Gasteiger charge is 2.10. The van der Waals surface area contributed by atoms with Crippen LogP contribution in [-0.4, -0.2) is 42.2 Å². The number of H-pyrrole nitrogens is 1. The normalized spacial score (nSPS) is 12.4. The molecular formula is C11H20N4O2. The number of amides is 1. The van der Waals surface area contributed by atoms with Crippen LogP contribution in [0.3, 0.4) is 0 Å². The first-order valence-corrected chi connectivity index (χ1v) is 5.74. The van der Waals surface area contributed by atoms with Gasteiger partial charge in [-0.25, -0.2) is 4.98 Å². The Kier molecular flexibility index (Phi) is 6.27. The van der Waals surface area contributed by atoms with Gasteiger partial charge in [-0.1, -0.05) is 0 Å². The average Bonchev–Trinajstić information content (AvgIpc) is 2.84. The van der Waals surface area contributed by atoms with Crippen molar-refractivity contribution in [3.8, 4) is 0 Å². The molecule has 0 saturated heterocycles. The number of ether oxygens (including phenoxy) is 1.